The lowest BCUT2D eigenvalue weighted by Crippen LogP contribution is -2.14. The van der Waals surface area contributed by atoms with Gasteiger partial charge in [0.1, 0.15) is 12.4 Å². The highest BCUT2D eigenvalue weighted by Gasteiger charge is 2.16. The highest BCUT2D eigenvalue weighted by atomic mass is 19.1. The first-order valence-corrected chi connectivity index (χ1v) is 10.3. The lowest BCUT2D eigenvalue weighted by molar-refractivity contribution is 0.286. The predicted octanol–water partition coefficient (Wildman–Crippen LogP) is 5.58. The largest absolute Gasteiger partial charge is 0.473 e. The van der Waals surface area contributed by atoms with Crippen LogP contribution in [0.4, 0.5) is 4.39 Å². The molecule has 3 rings (SSSR count). The summed E-state index contributed by atoms with van der Waals surface area (Å²) >= 11 is 0. The van der Waals surface area contributed by atoms with E-state index in [2.05, 4.69) is 10.3 Å². The van der Waals surface area contributed by atoms with Gasteiger partial charge in [-0.3, -0.25) is 0 Å². The van der Waals surface area contributed by atoms with Crippen molar-refractivity contribution in [3.63, 3.8) is 0 Å². The van der Waals surface area contributed by atoms with Crippen molar-refractivity contribution < 1.29 is 9.13 Å². The molecule has 1 aliphatic rings. The number of hydrogen-bond donors (Lipinski definition) is 1. The molecule has 0 amide bonds. The minimum atomic E-state index is -0.431. The number of hydrogen-bond acceptors (Lipinski definition) is 4. The molecule has 1 fully saturated rings. The third-order valence-electron chi connectivity index (χ3n) is 4.30. The van der Waals surface area contributed by atoms with E-state index in [0.29, 0.717) is 22.9 Å². The Balaban J connectivity index is 0.000000921. The van der Waals surface area contributed by atoms with E-state index in [0.717, 1.165) is 38.0 Å². The molecule has 1 aromatic carbocycles. The van der Waals surface area contributed by atoms with Gasteiger partial charge >= 0.3 is 0 Å². The molecule has 1 aliphatic heterocycles. The van der Waals surface area contributed by atoms with Crippen LogP contribution in [0.2, 0.25) is 0 Å². The minimum Gasteiger partial charge on any atom is -0.473 e. The van der Waals surface area contributed by atoms with Gasteiger partial charge in [-0.25, -0.2) is 9.37 Å². The fourth-order valence-electron chi connectivity index (χ4n) is 2.94. The maximum atomic E-state index is 13.9. The molecule has 1 saturated heterocycles. The summed E-state index contributed by atoms with van der Waals surface area (Å²) in [5, 5.41) is 12.2. The quantitative estimate of drug-likeness (QED) is 0.746. The lowest BCUT2D eigenvalue weighted by atomic mass is 9.96. The van der Waals surface area contributed by atoms with Crippen molar-refractivity contribution in [1.29, 1.82) is 5.26 Å². The van der Waals surface area contributed by atoms with E-state index < -0.39 is 5.82 Å². The smallest absolute Gasteiger partial charge is 0.213 e. The van der Waals surface area contributed by atoms with Crippen LogP contribution in [-0.2, 0) is 6.61 Å². The van der Waals surface area contributed by atoms with Crippen LogP contribution in [-0.4, -0.2) is 18.1 Å². The van der Waals surface area contributed by atoms with Crippen LogP contribution < -0.4 is 10.1 Å². The van der Waals surface area contributed by atoms with Crippen molar-refractivity contribution in [2.24, 2.45) is 0 Å². The lowest BCUT2D eigenvalue weighted by Gasteiger charge is -2.14. The first kappa shape index (κ1) is 23.6. The molecule has 0 aliphatic carbocycles. The molecule has 1 N–H and O–H groups in total. The molecule has 4 nitrogen and oxygen atoms in total. The minimum absolute atomic E-state index is 0.0974. The molecule has 5 heteroatoms. The Bertz CT molecular complexity index is 735. The zero-order valence-corrected chi connectivity index (χ0v) is 17.5. The summed E-state index contributed by atoms with van der Waals surface area (Å²) in [4.78, 5) is 4.59. The number of benzene rings is 1. The van der Waals surface area contributed by atoms with Crippen LogP contribution >= 0.6 is 0 Å². The molecular weight excluding hydrogens is 353 g/mol. The molecular formula is C23H32FN3O. The zero-order chi connectivity index (χ0) is 20.8. The van der Waals surface area contributed by atoms with Crippen LogP contribution in [0.15, 0.2) is 36.4 Å². The number of aromatic nitrogens is 1. The Hall–Kier alpha value is -2.45. The highest BCUT2D eigenvalue weighted by Crippen LogP contribution is 2.26. The van der Waals surface area contributed by atoms with Crippen molar-refractivity contribution in [1.82, 2.24) is 10.3 Å². The van der Waals surface area contributed by atoms with Gasteiger partial charge in [-0.2, -0.15) is 5.26 Å². The predicted molar refractivity (Wildman–Crippen MR) is 112 cm³/mol. The Labute approximate surface area is 168 Å². The van der Waals surface area contributed by atoms with Gasteiger partial charge in [-0.1, -0.05) is 39.8 Å². The van der Waals surface area contributed by atoms with E-state index >= 15 is 0 Å². The number of nitriles is 1. The van der Waals surface area contributed by atoms with E-state index in [1.165, 1.54) is 6.07 Å². The second-order valence-corrected chi connectivity index (χ2v) is 5.99. The van der Waals surface area contributed by atoms with Gasteiger partial charge in [0.2, 0.25) is 5.88 Å². The average molecular weight is 386 g/mol. The second kappa shape index (κ2) is 13.7. The Kier molecular flexibility index (Phi) is 11.5. The van der Waals surface area contributed by atoms with Gasteiger partial charge < -0.3 is 10.1 Å². The van der Waals surface area contributed by atoms with Crippen molar-refractivity contribution >= 4 is 0 Å². The molecule has 2 heterocycles. The van der Waals surface area contributed by atoms with Crippen LogP contribution in [0.25, 0.3) is 0 Å². The molecule has 0 spiro atoms. The van der Waals surface area contributed by atoms with Gasteiger partial charge in [0.25, 0.3) is 0 Å². The first-order chi connectivity index (χ1) is 13.8. The van der Waals surface area contributed by atoms with Crippen molar-refractivity contribution in [3.05, 3.63) is 59.0 Å². The molecule has 1 unspecified atom stereocenters. The van der Waals surface area contributed by atoms with Crippen LogP contribution in [0.5, 0.6) is 5.88 Å². The molecule has 1 aromatic heterocycles. The summed E-state index contributed by atoms with van der Waals surface area (Å²) in [6, 6.07) is 12.1. The molecule has 28 heavy (non-hydrogen) atoms. The summed E-state index contributed by atoms with van der Waals surface area (Å²) in [7, 11) is 0. The summed E-state index contributed by atoms with van der Waals surface area (Å²) in [5.41, 5.74) is 1.76. The molecule has 0 bridgehead atoms. The van der Waals surface area contributed by atoms with E-state index in [-0.39, 0.29) is 6.61 Å². The SMILES string of the molecule is CC.CC.N#Cc1ccc(COc2cccc(C3CCCNCC3)n2)c(F)c1. The third-order valence-corrected chi connectivity index (χ3v) is 4.30. The number of rotatable bonds is 4. The first-order valence-electron chi connectivity index (χ1n) is 10.3. The van der Waals surface area contributed by atoms with E-state index in [1.807, 2.05) is 45.9 Å². The second-order valence-electron chi connectivity index (χ2n) is 5.99. The molecule has 2 aromatic rings. The summed E-state index contributed by atoms with van der Waals surface area (Å²) in [6.07, 6.45) is 3.34. The normalized spacial score (nSPS) is 15.6. The molecule has 0 radical (unpaired) electrons. The number of halogens is 1. The zero-order valence-electron chi connectivity index (χ0n) is 17.5. The van der Waals surface area contributed by atoms with Crippen LogP contribution in [0, 0.1) is 17.1 Å². The van der Waals surface area contributed by atoms with Crippen molar-refractivity contribution in [2.45, 2.75) is 59.5 Å². The fourth-order valence-corrected chi connectivity index (χ4v) is 2.94. The number of nitrogens with one attached hydrogen (secondary N) is 1. The topological polar surface area (TPSA) is 57.9 Å². The average Bonchev–Trinajstić information content (AvgIpc) is 3.05. The van der Waals surface area contributed by atoms with Gasteiger partial charge in [-0.15, -0.1) is 0 Å². The maximum absolute atomic E-state index is 13.9. The third kappa shape index (κ3) is 7.28. The Morgan fingerprint density at radius 2 is 1.93 bits per heavy atom. The monoisotopic (exact) mass is 385 g/mol. The fraction of sp³-hybridized carbons (Fsp3) is 0.478. The van der Waals surface area contributed by atoms with Crippen LogP contribution in [0.3, 0.4) is 0 Å². The van der Waals surface area contributed by atoms with E-state index in [9.17, 15) is 4.39 Å². The summed E-state index contributed by atoms with van der Waals surface area (Å²) in [5.74, 6) is 0.517. The van der Waals surface area contributed by atoms with E-state index in [1.54, 1.807) is 18.2 Å². The molecule has 0 saturated carbocycles. The van der Waals surface area contributed by atoms with Crippen molar-refractivity contribution in [2.75, 3.05) is 13.1 Å². The summed E-state index contributed by atoms with van der Waals surface area (Å²) < 4.78 is 19.6. The Morgan fingerprint density at radius 3 is 2.64 bits per heavy atom. The van der Waals surface area contributed by atoms with E-state index in [4.69, 9.17) is 10.00 Å². The van der Waals surface area contributed by atoms with Crippen molar-refractivity contribution in [3.8, 4) is 11.9 Å². The number of pyridine rings is 1. The van der Waals surface area contributed by atoms with Gasteiger partial charge in [0.05, 0.1) is 11.6 Å². The van der Waals surface area contributed by atoms with Crippen LogP contribution in [0.1, 0.15) is 69.7 Å². The number of nitrogens with zero attached hydrogens (tertiary/aromatic N) is 2. The highest BCUT2D eigenvalue weighted by molar-refractivity contribution is 5.32. The summed E-state index contributed by atoms with van der Waals surface area (Å²) in [6.45, 7) is 10.2. The number of ether oxygens (including phenoxy) is 1. The Morgan fingerprint density at radius 1 is 1.14 bits per heavy atom. The maximum Gasteiger partial charge on any atom is 0.213 e. The van der Waals surface area contributed by atoms with Gasteiger partial charge in [0, 0.05) is 23.2 Å². The van der Waals surface area contributed by atoms with Gasteiger partial charge in [-0.05, 0) is 50.6 Å². The molecule has 152 valence electrons. The van der Waals surface area contributed by atoms with Gasteiger partial charge in [0.15, 0.2) is 0 Å². The standard InChI is InChI=1S/C19H20FN3O.2C2H6/c20-17-11-14(12-21)6-7-16(17)13-24-19-5-1-4-18(23-19)15-3-2-9-22-10-8-15;2*1-2/h1,4-7,11,15,22H,2-3,8-10,13H2;2*1-2H3. The molecule has 1 atom stereocenters.